The molecular formula is C23H19N7O2. The van der Waals surface area contributed by atoms with Crippen LogP contribution in [0.3, 0.4) is 0 Å². The molecule has 5 rings (SSSR count). The highest BCUT2D eigenvalue weighted by molar-refractivity contribution is 6.11. The number of carbonyl (C=O) groups excluding carboxylic acids is 1. The van der Waals surface area contributed by atoms with Gasteiger partial charge in [0.05, 0.1) is 42.5 Å². The molecule has 1 aromatic carbocycles. The largest absolute Gasteiger partial charge is 0.378 e. The van der Waals surface area contributed by atoms with Crippen molar-refractivity contribution in [2.45, 2.75) is 0 Å². The fraction of sp³-hybridized carbons (Fsp3) is 0.174. The topological polar surface area (TPSA) is 120 Å². The first kappa shape index (κ1) is 19.7. The Labute approximate surface area is 183 Å². The molecule has 2 N–H and O–H groups in total. The van der Waals surface area contributed by atoms with Gasteiger partial charge in [0.2, 0.25) is 0 Å². The molecule has 3 aromatic heterocycles. The van der Waals surface area contributed by atoms with Gasteiger partial charge < -0.3 is 15.0 Å². The van der Waals surface area contributed by atoms with Gasteiger partial charge in [0.15, 0.2) is 5.69 Å². The molecule has 1 fully saturated rings. The molecule has 158 valence electrons. The number of nitriles is 1. The normalized spacial score (nSPS) is 13.7. The summed E-state index contributed by atoms with van der Waals surface area (Å²) in [7, 11) is 0. The van der Waals surface area contributed by atoms with Crippen molar-refractivity contribution in [2.75, 3.05) is 36.5 Å². The SMILES string of the molecule is N#Cc1ccc(NC(=O)c2n[nH]c3ccc(-c4cncc(N5CCOCC5)c4)cc23)cn1. The molecule has 0 radical (unpaired) electrons. The molecule has 4 aromatic rings. The number of hydrogen-bond acceptors (Lipinski definition) is 7. The number of aromatic nitrogens is 4. The number of nitrogens with zero attached hydrogens (tertiary/aromatic N) is 5. The fourth-order valence-corrected chi connectivity index (χ4v) is 3.67. The molecule has 0 bridgehead atoms. The van der Waals surface area contributed by atoms with E-state index in [4.69, 9.17) is 10.00 Å². The van der Waals surface area contributed by atoms with Crippen molar-refractivity contribution < 1.29 is 9.53 Å². The van der Waals surface area contributed by atoms with Gasteiger partial charge in [-0.25, -0.2) is 4.98 Å². The van der Waals surface area contributed by atoms with Gasteiger partial charge in [-0.3, -0.25) is 14.9 Å². The zero-order valence-corrected chi connectivity index (χ0v) is 17.1. The van der Waals surface area contributed by atoms with Gasteiger partial charge in [-0.1, -0.05) is 6.07 Å². The summed E-state index contributed by atoms with van der Waals surface area (Å²) in [6.07, 6.45) is 5.11. The highest BCUT2D eigenvalue weighted by Crippen LogP contribution is 2.28. The monoisotopic (exact) mass is 425 g/mol. The number of aromatic amines is 1. The first-order valence-electron chi connectivity index (χ1n) is 10.1. The second-order valence-corrected chi connectivity index (χ2v) is 7.36. The third kappa shape index (κ3) is 3.87. The summed E-state index contributed by atoms with van der Waals surface area (Å²) in [5, 5.41) is 19.5. The van der Waals surface area contributed by atoms with Gasteiger partial charge in [-0.2, -0.15) is 10.4 Å². The minimum absolute atomic E-state index is 0.281. The maximum Gasteiger partial charge on any atom is 0.276 e. The van der Waals surface area contributed by atoms with Crippen LogP contribution in [0.5, 0.6) is 0 Å². The van der Waals surface area contributed by atoms with Crippen LogP contribution >= 0.6 is 0 Å². The Morgan fingerprint density at radius 1 is 1.09 bits per heavy atom. The van der Waals surface area contributed by atoms with E-state index in [0.717, 1.165) is 35.4 Å². The van der Waals surface area contributed by atoms with Gasteiger partial charge in [0.1, 0.15) is 11.8 Å². The standard InChI is InChI=1S/C23H19N7O2/c24-11-17-2-3-18(13-26-17)27-23(31)22-20-10-15(1-4-21(20)28-29-22)16-9-19(14-25-12-16)30-5-7-32-8-6-30/h1-4,9-10,12-14H,5-8H2,(H,27,31)(H,28,29). The molecule has 0 atom stereocenters. The van der Waals surface area contributed by atoms with Crippen LogP contribution in [0, 0.1) is 11.3 Å². The minimum Gasteiger partial charge on any atom is -0.378 e. The molecule has 1 aliphatic rings. The predicted octanol–water partition coefficient (Wildman–Crippen LogP) is 2.98. The van der Waals surface area contributed by atoms with Crippen LogP contribution in [0.25, 0.3) is 22.0 Å². The predicted molar refractivity (Wildman–Crippen MR) is 119 cm³/mol. The van der Waals surface area contributed by atoms with E-state index in [1.165, 1.54) is 6.20 Å². The Kier molecular flexibility index (Phi) is 5.19. The second kappa shape index (κ2) is 8.45. The van der Waals surface area contributed by atoms with E-state index in [2.05, 4.69) is 36.4 Å². The molecule has 4 heterocycles. The van der Waals surface area contributed by atoms with Crippen molar-refractivity contribution in [3.05, 3.63) is 66.4 Å². The number of carbonyl (C=O) groups is 1. The molecule has 1 saturated heterocycles. The van der Waals surface area contributed by atoms with Crippen LogP contribution in [0.15, 0.2) is 55.0 Å². The van der Waals surface area contributed by atoms with Gasteiger partial charge in [-0.15, -0.1) is 0 Å². The van der Waals surface area contributed by atoms with Gasteiger partial charge in [-0.05, 0) is 35.9 Å². The minimum atomic E-state index is -0.361. The number of rotatable bonds is 4. The molecule has 0 unspecified atom stereocenters. The van der Waals surface area contributed by atoms with Crippen LogP contribution in [0.1, 0.15) is 16.2 Å². The van der Waals surface area contributed by atoms with Crippen LogP contribution in [-0.2, 0) is 4.74 Å². The summed E-state index contributed by atoms with van der Waals surface area (Å²) in [6, 6.07) is 13.0. The first-order chi connectivity index (χ1) is 15.7. The van der Waals surface area contributed by atoms with Crippen LogP contribution < -0.4 is 10.2 Å². The molecule has 0 aliphatic carbocycles. The Morgan fingerprint density at radius 2 is 1.97 bits per heavy atom. The highest BCUT2D eigenvalue weighted by atomic mass is 16.5. The zero-order valence-electron chi connectivity index (χ0n) is 17.1. The number of benzene rings is 1. The van der Waals surface area contributed by atoms with Crippen molar-refractivity contribution in [3.63, 3.8) is 0 Å². The average Bonchev–Trinajstić information content (AvgIpc) is 3.29. The van der Waals surface area contributed by atoms with Crippen molar-refractivity contribution in [1.82, 2.24) is 20.2 Å². The molecule has 1 aliphatic heterocycles. The number of fused-ring (bicyclic) bond motifs is 1. The van der Waals surface area contributed by atoms with Crippen molar-refractivity contribution >= 4 is 28.2 Å². The summed E-state index contributed by atoms with van der Waals surface area (Å²) in [4.78, 5) is 23.5. The van der Waals surface area contributed by atoms with Crippen LogP contribution in [0.2, 0.25) is 0 Å². The van der Waals surface area contributed by atoms with Gasteiger partial charge in [0, 0.05) is 30.2 Å². The summed E-state index contributed by atoms with van der Waals surface area (Å²) in [5.41, 5.74) is 4.76. The molecule has 0 saturated carbocycles. The molecule has 32 heavy (non-hydrogen) atoms. The summed E-state index contributed by atoms with van der Waals surface area (Å²) in [6.45, 7) is 3.08. The van der Waals surface area contributed by atoms with E-state index < -0.39 is 0 Å². The maximum absolute atomic E-state index is 12.8. The van der Waals surface area contributed by atoms with Gasteiger partial charge in [0.25, 0.3) is 5.91 Å². The second-order valence-electron chi connectivity index (χ2n) is 7.36. The molecule has 1 amide bonds. The molecule has 9 heteroatoms. The number of anilines is 2. The smallest absolute Gasteiger partial charge is 0.276 e. The third-order valence-electron chi connectivity index (χ3n) is 5.35. The number of nitrogens with one attached hydrogen (secondary N) is 2. The van der Waals surface area contributed by atoms with E-state index in [-0.39, 0.29) is 17.3 Å². The quantitative estimate of drug-likeness (QED) is 0.516. The summed E-state index contributed by atoms with van der Waals surface area (Å²) >= 11 is 0. The lowest BCUT2D eigenvalue weighted by molar-refractivity contribution is 0.102. The number of ether oxygens (including phenoxy) is 1. The number of hydrogen-bond donors (Lipinski definition) is 2. The molecule has 9 nitrogen and oxygen atoms in total. The van der Waals surface area contributed by atoms with E-state index in [1.54, 1.807) is 12.1 Å². The van der Waals surface area contributed by atoms with Crippen LogP contribution in [0.4, 0.5) is 11.4 Å². The number of pyridine rings is 2. The average molecular weight is 425 g/mol. The summed E-state index contributed by atoms with van der Waals surface area (Å²) in [5.74, 6) is -0.361. The maximum atomic E-state index is 12.8. The van der Waals surface area contributed by atoms with E-state index >= 15 is 0 Å². The molecular weight excluding hydrogens is 406 g/mol. The van der Waals surface area contributed by atoms with Crippen molar-refractivity contribution in [1.29, 1.82) is 5.26 Å². The lowest BCUT2D eigenvalue weighted by atomic mass is 10.0. The zero-order chi connectivity index (χ0) is 21.9. The van der Waals surface area contributed by atoms with Crippen LogP contribution in [-0.4, -0.2) is 52.4 Å². The van der Waals surface area contributed by atoms with E-state index in [0.29, 0.717) is 24.3 Å². The Hall–Kier alpha value is -4.29. The highest BCUT2D eigenvalue weighted by Gasteiger charge is 2.17. The van der Waals surface area contributed by atoms with E-state index in [9.17, 15) is 4.79 Å². The van der Waals surface area contributed by atoms with Crippen molar-refractivity contribution in [3.8, 4) is 17.2 Å². The lowest BCUT2D eigenvalue weighted by Crippen LogP contribution is -2.36. The van der Waals surface area contributed by atoms with E-state index in [1.807, 2.05) is 36.7 Å². The number of H-pyrrole nitrogens is 1. The van der Waals surface area contributed by atoms with Gasteiger partial charge >= 0.3 is 0 Å². The third-order valence-corrected chi connectivity index (χ3v) is 5.35. The number of morpholine rings is 1. The fourth-order valence-electron chi connectivity index (χ4n) is 3.67. The van der Waals surface area contributed by atoms with Crippen molar-refractivity contribution in [2.24, 2.45) is 0 Å². The lowest BCUT2D eigenvalue weighted by Gasteiger charge is -2.28. The number of amides is 1. The Bertz CT molecular complexity index is 1320. The molecule has 0 spiro atoms. The Balaban J connectivity index is 1.43. The Morgan fingerprint density at radius 3 is 2.75 bits per heavy atom. The first-order valence-corrected chi connectivity index (χ1v) is 10.1. The summed E-state index contributed by atoms with van der Waals surface area (Å²) < 4.78 is 5.44.